The molecule has 0 heterocycles. The van der Waals surface area contributed by atoms with Crippen molar-refractivity contribution in [3.05, 3.63) is 69.0 Å². The quantitative estimate of drug-likeness (QED) is 0.869. The van der Waals surface area contributed by atoms with Crippen molar-refractivity contribution >= 4 is 23.2 Å². The third-order valence-corrected chi connectivity index (χ3v) is 3.78. The molecule has 0 saturated carbocycles. The summed E-state index contributed by atoms with van der Waals surface area (Å²) in [5.74, 6) is -0.362. The molecule has 1 unspecified atom stereocenters. The summed E-state index contributed by atoms with van der Waals surface area (Å²) in [4.78, 5) is 0. The predicted molar refractivity (Wildman–Crippen MR) is 76.3 cm³/mol. The summed E-state index contributed by atoms with van der Waals surface area (Å²) in [5.41, 5.74) is 2.22. The molecule has 0 fully saturated rings. The SMILES string of the molecule is Cc1cc(C(O)Cc2cc(F)ccc2Cl)ccc1Cl. The molecule has 2 aromatic rings. The Hall–Kier alpha value is -1.09. The van der Waals surface area contributed by atoms with Crippen molar-refractivity contribution in [3.8, 4) is 0 Å². The maximum atomic E-state index is 13.2. The van der Waals surface area contributed by atoms with Crippen molar-refractivity contribution in [2.24, 2.45) is 0 Å². The van der Waals surface area contributed by atoms with Gasteiger partial charge in [0.1, 0.15) is 5.82 Å². The van der Waals surface area contributed by atoms with Crippen LogP contribution in [0.4, 0.5) is 4.39 Å². The van der Waals surface area contributed by atoms with E-state index >= 15 is 0 Å². The largest absolute Gasteiger partial charge is 0.388 e. The molecule has 1 atom stereocenters. The average Bonchev–Trinajstić information content (AvgIpc) is 2.37. The third-order valence-electron chi connectivity index (χ3n) is 2.99. The molecule has 0 aromatic heterocycles. The van der Waals surface area contributed by atoms with Gasteiger partial charge in [-0.15, -0.1) is 0 Å². The molecular weight excluding hydrogens is 286 g/mol. The maximum absolute atomic E-state index is 13.2. The Labute approximate surface area is 121 Å². The third kappa shape index (κ3) is 3.47. The van der Waals surface area contributed by atoms with Crippen LogP contribution in [0.15, 0.2) is 36.4 Å². The van der Waals surface area contributed by atoms with Gasteiger partial charge in [-0.05, 0) is 47.9 Å². The van der Waals surface area contributed by atoms with Gasteiger partial charge >= 0.3 is 0 Å². The number of aliphatic hydroxyl groups excluding tert-OH is 1. The van der Waals surface area contributed by atoms with E-state index in [0.717, 1.165) is 11.1 Å². The fraction of sp³-hybridized carbons (Fsp3) is 0.200. The minimum atomic E-state index is -0.740. The number of aryl methyl sites for hydroxylation is 1. The van der Waals surface area contributed by atoms with E-state index in [4.69, 9.17) is 23.2 Å². The van der Waals surface area contributed by atoms with Crippen LogP contribution in [0.3, 0.4) is 0 Å². The number of rotatable bonds is 3. The number of hydrogen-bond acceptors (Lipinski definition) is 1. The second-order valence-corrected chi connectivity index (χ2v) is 5.28. The zero-order valence-corrected chi connectivity index (χ0v) is 11.8. The van der Waals surface area contributed by atoms with Gasteiger partial charge in [0.25, 0.3) is 0 Å². The Kier molecular flexibility index (Phi) is 4.46. The molecule has 0 aliphatic rings. The van der Waals surface area contributed by atoms with Crippen LogP contribution >= 0.6 is 23.2 Å². The standard InChI is InChI=1S/C15H13Cl2FO/c1-9-6-10(2-4-13(9)16)15(19)8-11-7-12(18)3-5-14(11)17/h2-7,15,19H,8H2,1H3. The maximum Gasteiger partial charge on any atom is 0.123 e. The van der Waals surface area contributed by atoms with E-state index in [1.165, 1.54) is 18.2 Å². The smallest absolute Gasteiger partial charge is 0.123 e. The van der Waals surface area contributed by atoms with Gasteiger partial charge in [-0.2, -0.15) is 0 Å². The number of benzene rings is 2. The topological polar surface area (TPSA) is 20.2 Å². The van der Waals surface area contributed by atoms with Gasteiger partial charge in [-0.1, -0.05) is 35.3 Å². The Morgan fingerprint density at radius 2 is 1.79 bits per heavy atom. The first-order chi connectivity index (χ1) is 8.97. The minimum absolute atomic E-state index is 0.262. The zero-order chi connectivity index (χ0) is 14.0. The number of halogens is 3. The molecule has 0 spiro atoms. The molecule has 0 radical (unpaired) electrons. The van der Waals surface area contributed by atoms with Crippen LogP contribution in [0.1, 0.15) is 22.8 Å². The number of aliphatic hydroxyl groups is 1. The molecular formula is C15H13Cl2FO. The van der Waals surface area contributed by atoms with Gasteiger partial charge in [0.05, 0.1) is 6.10 Å². The highest BCUT2D eigenvalue weighted by Gasteiger charge is 2.12. The summed E-state index contributed by atoms with van der Waals surface area (Å²) in [5, 5.41) is 11.3. The highest BCUT2D eigenvalue weighted by atomic mass is 35.5. The molecule has 0 saturated heterocycles. The van der Waals surface area contributed by atoms with Crippen LogP contribution in [0.2, 0.25) is 10.0 Å². The van der Waals surface area contributed by atoms with E-state index in [1.54, 1.807) is 12.1 Å². The van der Waals surface area contributed by atoms with E-state index in [2.05, 4.69) is 0 Å². The van der Waals surface area contributed by atoms with E-state index in [-0.39, 0.29) is 12.2 Å². The van der Waals surface area contributed by atoms with Crippen LogP contribution in [0, 0.1) is 12.7 Å². The summed E-state index contributed by atoms with van der Waals surface area (Å²) in [6.07, 6.45) is -0.479. The van der Waals surface area contributed by atoms with Gasteiger partial charge in [-0.25, -0.2) is 4.39 Å². The Morgan fingerprint density at radius 1 is 1.11 bits per heavy atom. The number of hydrogen-bond donors (Lipinski definition) is 1. The van der Waals surface area contributed by atoms with Crippen molar-refractivity contribution in [1.29, 1.82) is 0 Å². The van der Waals surface area contributed by atoms with Gasteiger partial charge < -0.3 is 5.11 Å². The molecule has 100 valence electrons. The molecule has 0 amide bonds. The van der Waals surface area contributed by atoms with Gasteiger partial charge in [0, 0.05) is 16.5 Å². The fourth-order valence-electron chi connectivity index (χ4n) is 1.90. The Balaban J connectivity index is 2.22. The first kappa shape index (κ1) is 14.3. The van der Waals surface area contributed by atoms with Gasteiger partial charge in [0.2, 0.25) is 0 Å². The highest BCUT2D eigenvalue weighted by Crippen LogP contribution is 2.26. The first-order valence-corrected chi connectivity index (χ1v) is 6.61. The molecule has 4 heteroatoms. The second-order valence-electron chi connectivity index (χ2n) is 4.46. The normalized spacial score (nSPS) is 12.5. The lowest BCUT2D eigenvalue weighted by Crippen LogP contribution is -2.03. The average molecular weight is 299 g/mol. The molecule has 19 heavy (non-hydrogen) atoms. The van der Waals surface area contributed by atoms with Crippen molar-refractivity contribution < 1.29 is 9.50 Å². The molecule has 0 aliphatic carbocycles. The van der Waals surface area contributed by atoms with E-state index in [9.17, 15) is 9.50 Å². The summed E-state index contributed by atoms with van der Waals surface area (Å²) in [6, 6.07) is 9.45. The Bertz CT molecular complexity index is 599. The van der Waals surface area contributed by atoms with E-state index < -0.39 is 6.10 Å². The lowest BCUT2D eigenvalue weighted by molar-refractivity contribution is 0.178. The van der Waals surface area contributed by atoms with Crippen LogP contribution < -0.4 is 0 Å². The highest BCUT2D eigenvalue weighted by molar-refractivity contribution is 6.31. The predicted octanol–water partition coefficient (Wildman–Crippen LogP) is 4.72. The summed E-state index contributed by atoms with van der Waals surface area (Å²) >= 11 is 11.9. The van der Waals surface area contributed by atoms with E-state index in [0.29, 0.717) is 15.6 Å². The van der Waals surface area contributed by atoms with Crippen molar-refractivity contribution in [1.82, 2.24) is 0 Å². The molecule has 0 aliphatic heterocycles. The Morgan fingerprint density at radius 3 is 2.47 bits per heavy atom. The molecule has 0 bridgehead atoms. The lowest BCUT2D eigenvalue weighted by Gasteiger charge is -2.13. The van der Waals surface area contributed by atoms with Gasteiger partial charge in [0.15, 0.2) is 0 Å². The van der Waals surface area contributed by atoms with Crippen molar-refractivity contribution in [3.63, 3.8) is 0 Å². The van der Waals surface area contributed by atoms with Crippen molar-refractivity contribution in [2.45, 2.75) is 19.4 Å². The minimum Gasteiger partial charge on any atom is -0.388 e. The van der Waals surface area contributed by atoms with Crippen molar-refractivity contribution in [2.75, 3.05) is 0 Å². The van der Waals surface area contributed by atoms with E-state index in [1.807, 2.05) is 13.0 Å². The van der Waals surface area contributed by atoms with Crippen LogP contribution in [0.5, 0.6) is 0 Å². The van der Waals surface area contributed by atoms with Gasteiger partial charge in [-0.3, -0.25) is 0 Å². The van der Waals surface area contributed by atoms with Crippen LogP contribution in [0.25, 0.3) is 0 Å². The lowest BCUT2D eigenvalue weighted by atomic mass is 10.00. The second kappa shape index (κ2) is 5.91. The first-order valence-electron chi connectivity index (χ1n) is 5.85. The van der Waals surface area contributed by atoms with Crippen LogP contribution in [-0.4, -0.2) is 5.11 Å². The summed E-state index contributed by atoms with van der Waals surface area (Å²) in [7, 11) is 0. The molecule has 2 aromatic carbocycles. The molecule has 1 nitrogen and oxygen atoms in total. The summed E-state index contributed by atoms with van der Waals surface area (Å²) < 4.78 is 13.2. The summed E-state index contributed by atoms with van der Waals surface area (Å²) in [6.45, 7) is 1.87. The zero-order valence-electron chi connectivity index (χ0n) is 10.3. The molecule has 1 N–H and O–H groups in total. The van der Waals surface area contributed by atoms with Crippen LogP contribution in [-0.2, 0) is 6.42 Å². The fourth-order valence-corrected chi connectivity index (χ4v) is 2.21. The monoisotopic (exact) mass is 298 g/mol. The molecule has 2 rings (SSSR count).